The summed E-state index contributed by atoms with van der Waals surface area (Å²) in [5, 5.41) is 10.1. The monoisotopic (exact) mass is 543 g/mol. The normalized spacial score (nSPS) is 11.6. The number of aryl methyl sites for hydroxylation is 1. The van der Waals surface area contributed by atoms with Crippen molar-refractivity contribution in [2.75, 3.05) is 43.7 Å². The van der Waals surface area contributed by atoms with E-state index in [1.807, 2.05) is 93.6 Å². The van der Waals surface area contributed by atoms with Gasteiger partial charge in [0.05, 0.1) is 21.7 Å². The molecule has 0 atom stereocenters. The Balaban J connectivity index is 1.69. The van der Waals surface area contributed by atoms with Gasteiger partial charge in [-0.2, -0.15) is 9.67 Å². The number of rotatable bonds is 10. The molecule has 0 aliphatic rings. The smallest absolute Gasteiger partial charge is 0.213 e. The van der Waals surface area contributed by atoms with E-state index >= 15 is 0 Å². The number of benzene rings is 3. The van der Waals surface area contributed by atoms with Gasteiger partial charge < -0.3 is 14.4 Å². The van der Waals surface area contributed by atoms with Crippen LogP contribution in [0.15, 0.2) is 95.3 Å². The lowest BCUT2D eigenvalue weighted by atomic mass is 10.0. The molecule has 8 nitrogen and oxygen atoms in total. The topological polar surface area (TPSA) is 92.3 Å². The Hall–Kier alpha value is -4.08. The number of pyridine rings is 1. The highest BCUT2D eigenvalue weighted by Crippen LogP contribution is 2.20. The van der Waals surface area contributed by atoms with Gasteiger partial charge in [-0.05, 0) is 30.3 Å². The summed E-state index contributed by atoms with van der Waals surface area (Å²) in [5.74, 6) is -0.389. The second kappa shape index (κ2) is 12.2. The SMILES string of the molecule is CN(C)c1ccc(C(=NN=Cc2cc[n+](CCCS(=O)(=O)[O-])c3ccccc23)c2ccc(N(C)C)cc2)cc1. The molecule has 0 bridgehead atoms. The summed E-state index contributed by atoms with van der Waals surface area (Å²) < 4.78 is 35.0. The van der Waals surface area contributed by atoms with E-state index in [2.05, 4.69) is 44.3 Å². The van der Waals surface area contributed by atoms with Crippen LogP contribution in [-0.4, -0.2) is 58.8 Å². The highest BCUT2D eigenvalue weighted by atomic mass is 32.2. The minimum absolute atomic E-state index is 0.251. The molecule has 0 saturated heterocycles. The average molecular weight is 544 g/mol. The molecule has 4 aromatic rings. The van der Waals surface area contributed by atoms with Gasteiger partial charge in [0.2, 0.25) is 5.52 Å². The van der Waals surface area contributed by atoms with Gasteiger partial charge >= 0.3 is 0 Å². The van der Waals surface area contributed by atoms with E-state index in [0.717, 1.165) is 44.7 Å². The van der Waals surface area contributed by atoms with E-state index in [4.69, 9.17) is 0 Å². The fraction of sp³-hybridized carbons (Fsp3) is 0.233. The van der Waals surface area contributed by atoms with Crippen molar-refractivity contribution in [1.29, 1.82) is 0 Å². The molecule has 0 N–H and O–H groups in total. The van der Waals surface area contributed by atoms with Crippen molar-refractivity contribution in [3.8, 4) is 0 Å². The molecular weight excluding hydrogens is 510 g/mol. The molecule has 4 rings (SSSR count). The quantitative estimate of drug-likeness (QED) is 0.130. The van der Waals surface area contributed by atoms with Crippen LogP contribution in [0.4, 0.5) is 11.4 Å². The highest BCUT2D eigenvalue weighted by Gasteiger charge is 2.13. The molecule has 0 fully saturated rings. The lowest BCUT2D eigenvalue weighted by molar-refractivity contribution is -0.671. The van der Waals surface area contributed by atoms with Crippen molar-refractivity contribution < 1.29 is 17.5 Å². The summed E-state index contributed by atoms with van der Waals surface area (Å²) in [5.41, 5.74) is 6.68. The largest absolute Gasteiger partial charge is 0.748 e. The number of para-hydroxylation sites is 1. The van der Waals surface area contributed by atoms with Crippen LogP contribution < -0.4 is 14.4 Å². The molecular formula is C30H33N5O3S. The van der Waals surface area contributed by atoms with Crippen molar-refractivity contribution in [3.05, 3.63) is 102 Å². The maximum Gasteiger partial charge on any atom is 0.213 e. The first kappa shape index (κ1) is 27.9. The molecule has 0 saturated carbocycles. The Morgan fingerprint density at radius 3 is 1.95 bits per heavy atom. The summed E-state index contributed by atoms with van der Waals surface area (Å²) >= 11 is 0. The summed E-state index contributed by atoms with van der Waals surface area (Å²) in [6.07, 6.45) is 3.86. The molecule has 0 unspecified atom stereocenters. The average Bonchev–Trinajstić information content (AvgIpc) is 2.91. The van der Waals surface area contributed by atoms with Crippen LogP contribution in [0.5, 0.6) is 0 Å². The Kier molecular flexibility index (Phi) is 8.73. The van der Waals surface area contributed by atoms with Gasteiger partial charge in [-0.3, -0.25) is 0 Å². The summed E-state index contributed by atoms with van der Waals surface area (Å²) in [6, 6.07) is 26.2. The number of nitrogens with zero attached hydrogens (tertiary/aromatic N) is 5. The predicted molar refractivity (Wildman–Crippen MR) is 158 cm³/mol. The molecule has 0 radical (unpaired) electrons. The van der Waals surface area contributed by atoms with Gasteiger partial charge in [0.25, 0.3) is 0 Å². The van der Waals surface area contributed by atoms with Gasteiger partial charge in [0.1, 0.15) is 12.3 Å². The van der Waals surface area contributed by atoms with Gasteiger partial charge in [-0.15, -0.1) is 5.10 Å². The van der Waals surface area contributed by atoms with Crippen LogP contribution in [0.1, 0.15) is 23.1 Å². The minimum atomic E-state index is -4.24. The van der Waals surface area contributed by atoms with Crippen molar-refractivity contribution in [3.63, 3.8) is 0 Å². The number of anilines is 2. The van der Waals surface area contributed by atoms with Gasteiger partial charge in [0.15, 0.2) is 6.20 Å². The first-order valence-corrected chi connectivity index (χ1v) is 14.2. The molecule has 0 amide bonds. The third-order valence-corrected chi connectivity index (χ3v) is 7.21. The van der Waals surface area contributed by atoms with Crippen LogP contribution in [0, 0.1) is 0 Å². The van der Waals surface area contributed by atoms with Crippen LogP contribution >= 0.6 is 0 Å². The Bertz CT molecular complexity index is 1540. The highest BCUT2D eigenvalue weighted by molar-refractivity contribution is 7.85. The van der Waals surface area contributed by atoms with E-state index in [1.54, 1.807) is 6.21 Å². The zero-order valence-corrected chi connectivity index (χ0v) is 23.5. The Morgan fingerprint density at radius 1 is 0.846 bits per heavy atom. The van der Waals surface area contributed by atoms with Crippen LogP contribution in [0.2, 0.25) is 0 Å². The third kappa shape index (κ3) is 7.28. The van der Waals surface area contributed by atoms with E-state index in [9.17, 15) is 13.0 Å². The molecule has 0 aliphatic heterocycles. The number of hydrogen-bond donors (Lipinski definition) is 0. The molecule has 3 aromatic carbocycles. The Morgan fingerprint density at radius 2 is 1.41 bits per heavy atom. The molecule has 9 heteroatoms. The Labute approximate surface area is 230 Å². The third-order valence-electron chi connectivity index (χ3n) is 6.42. The fourth-order valence-corrected chi connectivity index (χ4v) is 4.78. The van der Waals surface area contributed by atoms with E-state index in [0.29, 0.717) is 6.54 Å². The molecule has 202 valence electrons. The standard InChI is InChI=1S/C30H33N5O3S/c1-33(2)26-14-10-23(11-15-26)30(24-12-16-27(17-13-24)34(3)4)32-31-22-25-18-20-35(19-7-21-39(36,37)38)29-9-6-5-8-28(25)29/h5-6,8-18,20,22H,7,19,21H2,1-4H3. The lowest BCUT2D eigenvalue weighted by Gasteiger charge is -2.15. The van der Waals surface area contributed by atoms with Crippen molar-refractivity contribution in [2.24, 2.45) is 10.2 Å². The van der Waals surface area contributed by atoms with Crippen LogP contribution in [0.25, 0.3) is 10.9 Å². The molecule has 39 heavy (non-hydrogen) atoms. The summed E-state index contributed by atoms with van der Waals surface area (Å²) in [6.45, 7) is 0.424. The number of hydrogen-bond acceptors (Lipinski definition) is 7. The molecule has 1 heterocycles. The lowest BCUT2D eigenvalue weighted by Crippen LogP contribution is -2.35. The fourth-order valence-electron chi connectivity index (χ4n) is 4.29. The van der Waals surface area contributed by atoms with Gasteiger partial charge in [-0.1, -0.05) is 36.4 Å². The molecule has 0 aliphatic carbocycles. The van der Waals surface area contributed by atoms with Gasteiger partial charge in [0, 0.05) is 80.6 Å². The maximum absolute atomic E-state index is 11.0. The van der Waals surface area contributed by atoms with Crippen LogP contribution in [0.3, 0.4) is 0 Å². The summed E-state index contributed by atoms with van der Waals surface area (Å²) in [7, 11) is 3.79. The summed E-state index contributed by atoms with van der Waals surface area (Å²) in [4.78, 5) is 4.11. The molecule has 0 spiro atoms. The van der Waals surface area contributed by atoms with E-state index < -0.39 is 10.1 Å². The van der Waals surface area contributed by atoms with Crippen molar-refractivity contribution >= 4 is 44.3 Å². The van der Waals surface area contributed by atoms with E-state index in [-0.39, 0.29) is 12.2 Å². The predicted octanol–water partition coefficient (Wildman–Crippen LogP) is 4.07. The number of aromatic nitrogens is 1. The second-order valence-electron chi connectivity index (χ2n) is 9.67. The zero-order chi connectivity index (χ0) is 28.0. The molecule has 1 aromatic heterocycles. The second-order valence-corrected chi connectivity index (χ2v) is 11.2. The maximum atomic E-state index is 11.0. The first-order chi connectivity index (χ1) is 18.6. The van der Waals surface area contributed by atoms with Gasteiger partial charge in [-0.25, -0.2) is 8.42 Å². The van der Waals surface area contributed by atoms with Crippen molar-refractivity contribution in [1.82, 2.24) is 0 Å². The minimum Gasteiger partial charge on any atom is -0.748 e. The van der Waals surface area contributed by atoms with Crippen molar-refractivity contribution in [2.45, 2.75) is 13.0 Å². The zero-order valence-electron chi connectivity index (χ0n) is 22.7. The van der Waals surface area contributed by atoms with Crippen LogP contribution in [-0.2, 0) is 16.7 Å². The van der Waals surface area contributed by atoms with E-state index in [1.165, 1.54) is 0 Å². The number of fused-ring (bicyclic) bond motifs is 1. The first-order valence-electron chi connectivity index (χ1n) is 12.6.